The molecule has 3 rings (SSSR count). The molecule has 2 heterocycles. The molecule has 52 heavy (non-hydrogen) atoms. The summed E-state index contributed by atoms with van der Waals surface area (Å²) in [6.07, 6.45) is -0.703. The predicted molar refractivity (Wildman–Crippen MR) is 194 cm³/mol. The number of azide groups is 1. The molecule has 0 saturated carbocycles. The Bertz CT molecular complexity index is 1430. The maximum atomic E-state index is 13.8. The molecule has 0 bridgehead atoms. The number of amides is 3. The molecule has 1 aromatic heterocycles. The molecule has 17 heteroatoms. The summed E-state index contributed by atoms with van der Waals surface area (Å²) in [5, 5.41) is 19.6. The van der Waals surface area contributed by atoms with E-state index in [-0.39, 0.29) is 51.0 Å². The quantitative estimate of drug-likeness (QED) is 0.0619. The lowest BCUT2D eigenvalue weighted by atomic mass is 9.85. The number of aliphatic hydroxyl groups is 1. The molecular weight excluding hydrogens is 694 g/mol. The van der Waals surface area contributed by atoms with Gasteiger partial charge in [0.05, 0.1) is 88.3 Å². The molecule has 0 aliphatic carbocycles. The maximum absolute atomic E-state index is 13.8. The minimum atomic E-state index is -0.916. The number of carbonyl (C=O) groups excluding carboxylic acids is 3. The van der Waals surface area contributed by atoms with Crippen LogP contribution in [0.15, 0.2) is 34.9 Å². The minimum absolute atomic E-state index is 0.00186. The molecule has 3 atom stereocenters. The largest absolute Gasteiger partial charge is 0.391 e. The highest BCUT2D eigenvalue weighted by Crippen LogP contribution is 2.28. The first kappa shape index (κ1) is 42.7. The van der Waals surface area contributed by atoms with Gasteiger partial charge in [-0.15, -0.1) is 11.3 Å². The molecule has 3 amide bonds. The van der Waals surface area contributed by atoms with Gasteiger partial charge in [-0.3, -0.25) is 14.4 Å². The van der Waals surface area contributed by atoms with Gasteiger partial charge in [-0.05, 0) is 29.0 Å². The summed E-state index contributed by atoms with van der Waals surface area (Å²) in [5.74, 6) is -1.14. The van der Waals surface area contributed by atoms with Crippen LogP contribution in [-0.4, -0.2) is 130 Å². The van der Waals surface area contributed by atoms with E-state index in [0.717, 1.165) is 21.7 Å². The van der Waals surface area contributed by atoms with E-state index < -0.39 is 29.5 Å². The summed E-state index contributed by atoms with van der Waals surface area (Å²) in [6.45, 7) is 11.6. The van der Waals surface area contributed by atoms with Gasteiger partial charge >= 0.3 is 0 Å². The zero-order chi connectivity index (χ0) is 37.8. The first-order chi connectivity index (χ1) is 25.0. The number of benzene rings is 1. The highest BCUT2D eigenvalue weighted by Gasteiger charge is 2.44. The number of thiazole rings is 1. The molecule has 1 aliphatic rings. The molecule has 0 spiro atoms. The van der Waals surface area contributed by atoms with Gasteiger partial charge in [-0.25, -0.2) is 4.98 Å². The van der Waals surface area contributed by atoms with E-state index in [1.165, 1.54) is 4.90 Å². The summed E-state index contributed by atoms with van der Waals surface area (Å²) in [4.78, 5) is 49.4. The fourth-order valence-corrected chi connectivity index (χ4v) is 6.12. The smallest absolute Gasteiger partial charge is 0.246 e. The van der Waals surface area contributed by atoms with Crippen molar-refractivity contribution < 1.29 is 43.2 Å². The van der Waals surface area contributed by atoms with Gasteiger partial charge < -0.3 is 44.3 Å². The molecule has 2 aromatic rings. The van der Waals surface area contributed by atoms with Crippen LogP contribution in [0.2, 0.25) is 0 Å². The first-order valence-electron chi connectivity index (χ1n) is 17.5. The summed E-state index contributed by atoms with van der Waals surface area (Å²) in [5.41, 5.74) is 12.3. The number of hydrogen-bond donors (Lipinski definition) is 3. The van der Waals surface area contributed by atoms with Crippen molar-refractivity contribution in [2.75, 3.05) is 79.2 Å². The summed E-state index contributed by atoms with van der Waals surface area (Å²) in [6, 6.07) is 6.09. The number of aryl methyl sites for hydroxylation is 1. The van der Waals surface area contributed by atoms with E-state index in [9.17, 15) is 19.5 Å². The zero-order valence-corrected chi connectivity index (χ0v) is 31.4. The molecule has 1 fully saturated rings. The number of ether oxygens (including phenoxy) is 5. The lowest BCUT2D eigenvalue weighted by Gasteiger charge is -2.35. The molecular formula is C35H53N7O9S. The third-order valence-corrected chi connectivity index (χ3v) is 9.05. The molecule has 0 radical (unpaired) electrons. The monoisotopic (exact) mass is 747 g/mol. The number of aromatic nitrogens is 1. The number of nitrogens with zero attached hydrogens (tertiary/aromatic N) is 5. The van der Waals surface area contributed by atoms with E-state index >= 15 is 0 Å². The van der Waals surface area contributed by atoms with Crippen LogP contribution in [0.4, 0.5) is 0 Å². The van der Waals surface area contributed by atoms with Gasteiger partial charge in [-0.2, -0.15) is 0 Å². The van der Waals surface area contributed by atoms with Crippen LogP contribution >= 0.6 is 11.3 Å². The third kappa shape index (κ3) is 15.1. The van der Waals surface area contributed by atoms with E-state index in [4.69, 9.17) is 29.2 Å². The Balaban J connectivity index is 1.32. The van der Waals surface area contributed by atoms with E-state index in [2.05, 4.69) is 25.6 Å². The maximum Gasteiger partial charge on any atom is 0.246 e. The average molecular weight is 748 g/mol. The lowest BCUT2D eigenvalue weighted by Crippen LogP contribution is -2.57. The summed E-state index contributed by atoms with van der Waals surface area (Å²) >= 11 is 1.57. The highest BCUT2D eigenvalue weighted by atomic mass is 32.1. The predicted octanol–water partition coefficient (Wildman–Crippen LogP) is 3.01. The van der Waals surface area contributed by atoms with E-state index in [1.54, 1.807) is 11.3 Å². The van der Waals surface area contributed by atoms with Gasteiger partial charge in [0.25, 0.3) is 0 Å². The second kappa shape index (κ2) is 23.1. The minimum Gasteiger partial charge on any atom is -0.391 e. The standard InChI is InChI=1S/C35H53N7O9S/c1-25-31(52-24-38-25)27-7-5-26(6-8-27)22-37-33(45)29-21-28(43)23-42(29)34(46)32(35(2,3)4)40-30(44)9-11-47-13-15-49-17-19-51-20-18-50-16-14-48-12-10-39-41-36/h5-8,24,28-29,32,43H,9-23H2,1-4H3,(H,37,45)(H,40,44). The number of likely N-dealkylation sites (tertiary alicyclic amines) is 1. The SMILES string of the molecule is Cc1ncsc1-c1ccc(CNC(=O)C2CC(O)CN2C(=O)C(NC(=O)CCOCCOCCOCCOCCOCCN=[N+]=[N-])C(C)(C)C)cc1. The Morgan fingerprint density at radius 3 is 2.10 bits per heavy atom. The van der Waals surface area contributed by atoms with Crippen molar-refractivity contribution in [3.63, 3.8) is 0 Å². The lowest BCUT2D eigenvalue weighted by molar-refractivity contribution is -0.144. The zero-order valence-electron chi connectivity index (χ0n) is 30.6. The molecule has 16 nitrogen and oxygen atoms in total. The molecule has 1 aromatic carbocycles. The van der Waals surface area contributed by atoms with Crippen molar-refractivity contribution in [1.29, 1.82) is 0 Å². The highest BCUT2D eigenvalue weighted by molar-refractivity contribution is 7.13. The normalized spacial score (nSPS) is 16.4. The van der Waals surface area contributed by atoms with Crippen molar-refractivity contribution in [3.8, 4) is 10.4 Å². The fourth-order valence-electron chi connectivity index (χ4n) is 5.31. The Morgan fingerprint density at radius 1 is 0.981 bits per heavy atom. The second-order valence-corrected chi connectivity index (χ2v) is 14.1. The third-order valence-electron chi connectivity index (χ3n) is 8.07. The van der Waals surface area contributed by atoms with Crippen LogP contribution in [0.5, 0.6) is 0 Å². The molecule has 3 N–H and O–H groups in total. The van der Waals surface area contributed by atoms with Crippen molar-refractivity contribution in [3.05, 3.63) is 51.5 Å². The van der Waals surface area contributed by atoms with Crippen molar-refractivity contribution >= 4 is 29.1 Å². The Labute approximate surface area is 309 Å². The van der Waals surface area contributed by atoms with Crippen LogP contribution in [0.1, 0.15) is 44.9 Å². The van der Waals surface area contributed by atoms with Crippen LogP contribution < -0.4 is 10.6 Å². The summed E-state index contributed by atoms with van der Waals surface area (Å²) in [7, 11) is 0. The van der Waals surface area contributed by atoms with Crippen LogP contribution in [0.3, 0.4) is 0 Å². The Hall–Kier alpha value is -3.67. The average Bonchev–Trinajstić information content (AvgIpc) is 3.73. The molecule has 288 valence electrons. The van der Waals surface area contributed by atoms with E-state index in [0.29, 0.717) is 59.4 Å². The number of nitrogens with one attached hydrogen (secondary N) is 2. The molecule has 3 unspecified atom stereocenters. The van der Waals surface area contributed by atoms with Crippen LogP contribution in [0, 0.1) is 12.3 Å². The topological polar surface area (TPSA) is 207 Å². The van der Waals surface area contributed by atoms with Crippen molar-refractivity contribution in [2.24, 2.45) is 10.5 Å². The molecule has 1 saturated heterocycles. The van der Waals surface area contributed by atoms with Gasteiger partial charge in [-0.1, -0.05) is 50.2 Å². The number of rotatable bonds is 24. The number of carbonyl (C=O) groups is 3. The van der Waals surface area contributed by atoms with Crippen molar-refractivity contribution in [1.82, 2.24) is 20.5 Å². The van der Waals surface area contributed by atoms with Crippen LogP contribution in [0.25, 0.3) is 20.9 Å². The Morgan fingerprint density at radius 2 is 1.56 bits per heavy atom. The first-order valence-corrected chi connectivity index (χ1v) is 18.3. The van der Waals surface area contributed by atoms with Crippen LogP contribution in [-0.2, 0) is 44.6 Å². The Kier molecular flexibility index (Phi) is 19.0. The number of hydrogen-bond acceptors (Lipinski definition) is 12. The van der Waals surface area contributed by atoms with Gasteiger partial charge in [0, 0.05) is 37.4 Å². The second-order valence-electron chi connectivity index (χ2n) is 13.2. The van der Waals surface area contributed by atoms with Gasteiger partial charge in [0.15, 0.2) is 0 Å². The van der Waals surface area contributed by atoms with Gasteiger partial charge in [0.2, 0.25) is 17.7 Å². The van der Waals surface area contributed by atoms with Gasteiger partial charge in [0.1, 0.15) is 12.1 Å². The summed E-state index contributed by atoms with van der Waals surface area (Å²) < 4.78 is 27.1. The molecule has 1 aliphatic heterocycles. The van der Waals surface area contributed by atoms with E-state index in [1.807, 2.05) is 57.5 Å². The van der Waals surface area contributed by atoms with Crippen molar-refractivity contribution in [2.45, 2.75) is 65.3 Å². The number of β-amino-alcohol motifs (C(OH)–C–C–N with tert-alkyl or cyclic N) is 1. The number of aliphatic hydroxyl groups excluding tert-OH is 1. The fraction of sp³-hybridized carbons (Fsp3) is 0.657.